The first-order valence-corrected chi connectivity index (χ1v) is 5.06. The maximum atomic E-state index is 12.1. The standard InChI is InChI=1S/C11H11N3O/c15-11-8-7-12-5-4-9(8)13-10-3-1-2-6-14(10)11/h1-3,6,12H,4-5,7H2. The number of hydrogen-bond donors (Lipinski definition) is 1. The van der Waals surface area contributed by atoms with Crippen LogP contribution in [0.5, 0.6) is 0 Å². The van der Waals surface area contributed by atoms with Crippen molar-refractivity contribution in [3.63, 3.8) is 0 Å². The molecule has 0 saturated heterocycles. The quantitative estimate of drug-likeness (QED) is 0.668. The molecule has 3 heterocycles. The molecule has 76 valence electrons. The van der Waals surface area contributed by atoms with E-state index in [0.717, 1.165) is 29.9 Å². The van der Waals surface area contributed by atoms with Gasteiger partial charge in [-0.25, -0.2) is 4.98 Å². The molecule has 0 atom stereocenters. The fourth-order valence-corrected chi connectivity index (χ4v) is 1.98. The summed E-state index contributed by atoms with van der Waals surface area (Å²) in [7, 11) is 0. The molecular formula is C11H11N3O. The Morgan fingerprint density at radius 2 is 2.33 bits per heavy atom. The smallest absolute Gasteiger partial charge is 0.262 e. The van der Waals surface area contributed by atoms with Gasteiger partial charge in [-0.3, -0.25) is 9.20 Å². The highest BCUT2D eigenvalue weighted by molar-refractivity contribution is 5.41. The Kier molecular flexibility index (Phi) is 1.82. The molecule has 1 aliphatic heterocycles. The SMILES string of the molecule is O=c1c2c(nc3ccccn13)CCNC2. The predicted molar refractivity (Wildman–Crippen MR) is 56.9 cm³/mol. The Bertz CT molecular complexity index is 574. The van der Waals surface area contributed by atoms with Crippen LogP contribution in [0.15, 0.2) is 29.2 Å². The molecule has 15 heavy (non-hydrogen) atoms. The summed E-state index contributed by atoms with van der Waals surface area (Å²) < 4.78 is 1.60. The van der Waals surface area contributed by atoms with Crippen LogP contribution in [0.25, 0.3) is 5.65 Å². The minimum atomic E-state index is 0.0581. The van der Waals surface area contributed by atoms with Crippen molar-refractivity contribution < 1.29 is 0 Å². The maximum Gasteiger partial charge on any atom is 0.262 e. The van der Waals surface area contributed by atoms with Gasteiger partial charge in [-0.1, -0.05) is 6.07 Å². The lowest BCUT2D eigenvalue weighted by Crippen LogP contribution is -2.33. The lowest BCUT2D eigenvalue weighted by Gasteiger charge is -2.15. The third-order valence-electron chi connectivity index (χ3n) is 2.75. The largest absolute Gasteiger partial charge is 0.312 e. The normalized spacial score (nSPS) is 15.2. The van der Waals surface area contributed by atoms with E-state index in [4.69, 9.17) is 0 Å². The number of hydrogen-bond acceptors (Lipinski definition) is 3. The van der Waals surface area contributed by atoms with Gasteiger partial charge in [-0.15, -0.1) is 0 Å². The second kappa shape index (κ2) is 3.17. The number of nitrogens with zero attached hydrogens (tertiary/aromatic N) is 2. The molecule has 0 aliphatic carbocycles. The summed E-state index contributed by atoms with van der Waals surface area (Å²) in [5.41, 5.74) is 2.56. The van der Waals surface area contributed by atoms with E-state index in [0.29, 0.717) is 6.54 Å². The van der Waals surface area contributed by atoms with Crippen LogP contribution in [0.3, 0.4) is 0 Å². The Morgan fingerprint density at radius 3 is 3.27 bits per heavy atom. The van der Waals surface area contributed by atoms with Gasteiger partial charge in [0.25, 0.3) is 5.56 Å². The average molecular weight is 201 g/mol. The van der Waals surface area contributed by atoms with Crippen LogP contribution in [-0.2, 0) is 13.0 Å². The van der Waals surface area contributed by atoms with Crippen LogP contribution in [0.4, 0.5) is 0 Å². The predicted octanol–water partition coefficient (Wildman–Crippen LogP) is 0.340. The highest BCUT2D eigenvalue weighted by Gasteiger charge is 2.15. The Balaban J connectivity index is 2.41. The van der Waals surface area contributed by atoms with Gasteiger partial charge in [-0.2, -0.15) is 0 Å². The third-order valence-corrected chi connectivity index (χ3v) is 2.75. The van der Waals surface area contributed by atoms with Crippen molar-refractivity contribution in [3.05, 3.63) is 46.0 Å². The average Bonchev–Trinajstić information content (AvgIpc) is 2.30. The molecule has 4 heteroatoms. The minimum Gasteiger partial charge on any atom is -0.312 e. The van der Waals surface area contributed by atoms with E-state index in [-0.39, 0.29) is 5.56 Å². The number of fused-ring (bicyclic) bond motifs is 2. The van der Waals surface area contributed by atoms with Crippen molar-refractivity contribution in [3.8, 4) is 0 Å². The summed E-state index contributed by atoms with van der Waals surface area (Å²) in [6, 6.07) is 5.61. The van der Waals surface area contributed by atoms with Crippen LogP contribution in [0.2, 0.25) is 0 Å². The number of pyridine rings is 1. The van der Waals surface area contributed by atoms with Crippen molar-refractivity contribution in [1.29, 1.82) is 0 Å². The number of aromatic nitrogens is 2. The molecule has 1 aliphatic rings. The first kappa shape index (κ1) is 8.61. The second-order valence-electron chi connectivity index (χ2n) is 3.70. The van der Waals surface area contributed by atoms with Crippen molar-refractivity contribution in [2.45, 2.75) is 13.0 Å². The van der Waals surface area contributed by atoms with Gasteiger partial charge in [0, 0.05) is 25.7 Å². The maximum absolute atomic E-state index is 12.1. The minimum absolute atomic E-state index is 0.0581. The van der Waals surface area contributed by atoms with Crippen LogP contribution >= 0.6 is 0 Å². The highest BCUT2D eigenvalue weighted by Crippen LogP contribution is 2.08. The van der Waals surface area contributed by atoms with Crippen LogP contribution in [0.1, 0.15) is 11.3 Å². The molecule has 0 unspecified atom stereocenters. The molecule has 0 fully saturated rings. The lowest BCUT2D eigenvalue weighted by atomic mass is 10.1. The van der Waals surface area contributed by atoms with E-state index in [1.807, 2.05) is 18.2 Å². The van der Waals surface area contributed by atoms with Crippen molar-refractivity contribution in [2.24, 2.45) is 0 Å². The van der Waals surface area contributed by atoms with Gasteiger partial charge in [0.1, 0.15) is 5.65 Å². The molecule has 1 N–H and O–H groups in total. The van der Waals surface area contributed by atoms with Crippen LogP contribution < -0.4 is 10.9 Å². The summed E-state index contributed by atoms with van der Waals surface area (Å²) in [5, 5.41) is 3.19. The van der Waals surface area contributed by atoms with Crippen molar-refractivity contribution >= 4 is 5.65 Å². The highest BCUT2D eigenvalue weighted by atomic mass is 16.1. The first-order chi connectivity index (χ1) is 7.36. The van der Waals surface area contributed by atoms with Crippen molar-refractivity contribution in [1.82, 2.24) is 14.7 Å². The molecule has 0 saturated carbocycles. The van der Waals surface area contributed by atoms with Gasteiger partial charge in [0.05, 0.1) is 11.3 Å². The zero-order valence-electron chi connectivity index (χ0n) is 8.23. The first-order valence-electron chi connectivity index (χ1n) is 5.06. The molecule has 0 radical (unpaired) electrons. The zero-order valence-corrected chi connectivity index (χ0v) is 8.23. The van der Waals surface area contributed by atoms with E-state index in [1.165, 1.54) is 0 Å². The Morgan fingerprint density at radius 1 is 1.40 bits per heavy atom. The number of rotatable bonds is 0. The summed E-state index contributed by atoms with van der Waals surface area (Å²) in [4.78, 5) is 16.6. The van der Waals surface area contributed by atoms with E-state index < -0.39 is 0 Å². The molecule has 0 bridgehead atoms. The van der Waals surface area contributed by atoms with Gasteiger partial charge in [0.15, 0.2) is 0 Å². The van der Waals surface area contributed by atoms with Crippen LogP contribution in [-0.4, -0.2) is 15.9 Å². The van der Waals surface area contributed by atoms with Gasteiger partial charge in [0.2, 0.25) is 0 Å². The molecule has 0 aromatic carbocycles. The topological polar surface area (TPSA) is 46.4 Å². The lowest BCUT2D eigenvalue weighted by molar-refractivity contribution is 0.620. The third kappa shape index (κ3) is 1.26. The second-order valence-corrected chi connectivity index (χ2v) is 3.70. The summed E-state index contributed by atoms with van der Waals surface area (Å²) in [5.74, 6) is 0. The van der Waals surface area contributed by atoms with Gasteiger partial charge < -0.3 is 5.32 Å². The Hall–Kier alpha value is -1.68. The van der Waals surface area contributed by atoms with E-state index in [2.05, 4.69) is 10.3 Å². The molecule has 0 spiro atoms. The molecule has 0 amide bonds. The van der Waals surface area contributed by atoms with Crippen LogP contribution in [0, 0.1) is 0 Å². The van der Waals surface area contributed by atoms with Crippen molar-refractivity contribution in [2.75, 3.05) is 6.54 Å². The summed E-state index contributed by atoms with van der Waals surface area (Å²) >= 11 is 0. The Labute approximate surface area is 86.6 Å². The fraction of sp³-hybridized carbons (Fsp3) is 0.273. The molecule has 2 aromatic heterocycles. The fourth-order valence-electron chi connectivity index (χ4n) is 1.98. The van der Waals surface area contributed by atoms with Gasteiger partial charge >= 0.3 is 0 Å². The summed E-state index contributed by atoms with van der Waals surface area (Å²) in [6.07, 6.45) is 2.61. The molecule has 2 aromatic rings. The van der Waals surface area contributed by atoms with E-state index in [1.54, 1.807) is 10.6 Å². The number of nitrogens with one attached hydrogen (secondary N) is 1. The molecule has 3 rings (SSSR count). The van der Waals surface area contributed by atoms with Gasteiger partial charge in [-0.05, 0) is 12.1 Å². The molecule has 4 nitrogen and oxygen atoms in total. The van der Waals surface area contributed by atoms with E-state index >= 15 is 0 Å². The monoisotopic (exact) mass is 201 g/mol. The zero-order chi connectivity index (χ0) is 10.3. The van der Waals surface area contributed by atoms with E-state index in [9.17, 15) is 4.79 Å². The summed E-state index contributed by atoms with van der Waals surface area (Å²) in [6.45, 7) is 1.54. The molecular weight excluding hydrogens is 190 g/mol.